The van der Waals surface area contributed by atoms with Crippen LogP contribution >= 0.6 is 11.8 Å². The molecule has 0 radical (unpaired) electrons. The van der Waals surface area contributed by atoms with Gasteiger partial charge in [0, 0.05) is 18.3 Å². The van der Waals surface area contributed by atoms with Crippen molar-refractivity contribution in [1.29, 1.82) is 0 Å². The second kappa shape index (κ2) is 6.97. The van der Waals surface area contributed by atoms with Crippen molar-refractivity contribution >= 4 is 33.5 Å². The van der Waals surface area contributed by atoms with E-state index in [9.17, 15) is 18.0 Å². The van der Waals surface area contributed by atoms with Crippen molar-refractivity contribution in [2.45, 2.75) is 24.2 Å². The third-order valence-electron chi connectivity index (χ3n) is 3.53. The van der Waals surface area contributed by atoms with Crippen LogP contribution in [0.15, 0.2) is 0 Å². The number of carboxylic acid groups (broad SMARTS) is 1. The Bertz CT molecular complexity index is 506. The van der Waals surface area contributed by atoms with Crippen molar-refractivity contribution in [2.24, 2.45) is 0 Å². The Labute approximate surface area is 127 Å². The van der Waals surface area contributed by atoms with Crippen molar-refractivity contribution in [3.05, 3.63) is 0 Å². The Morgan fingerprint density at radius 3 is 2.76 bits per heavy atom. The topological polar surface area (TPSA) is 101 Å². The van der Waals surface area contributed by atoms with E-state index in [2.05, 4.69) is 0 Å². The lowest BCUT2D eigenvalue weighted by Gasteiger charge is -2.32. The number of nitrogens with zero attached hydrogens (tertiary/aromatic N) is 1. The van der Waals surface area contributed by atoms with Gasteiger partial charge in [-0.25, -0.2) is 8.42 Å². The summed E-state index contributed by atoms with van der Waals surface area (Å²) in [5.41, 5.74) is 0. The molecular weight excluding hydrogens is 318 g/mol. The van der Waals surface area contributed by atoms with E-state index in [0.717, 1.165) is 0 Å². The highest BCUT2D eigenvalue weighted by Crippen LogP contribution is 2.24. The smallest absolute Gasteiger partial charge is 0.306 e. The number of rotatable bonds is 5. The summed E-state index contributed by atoms with van der Waals surface area (Å²) in [7, 11) is -2.92. The molecule has 2 heterocycles. The number of hydrogen-bond donors (Lipinski definition) is 1. The van der Waals surface area contributed by atoms with Gasteiger partial charge < -0.3 is 14.7 Å². The lowest BCUT2D eigenvalue weighted by atomic mass is 10.2. The van der Waals surface area contributed by atoms with Crippen molar-refractivity contribution in [3.8, 4) is 0 Å². The van der Waals surface area contributed by atoms with Gasteiger partial charge in [-0.3, -0.25) is 9.59 Å². The van der Waals surface area contributed by atoms with Crippen LogP contribution in [0.2, 0.25) is 0 Å². The van der Waals surface area contributed by atoms with Gasteiger partial charge in [0.15, 0.2) is 9.84 Å². The second-order valence-corrected chi connectivity index (χ2v) is 8.78. The maximum Gasteiger partial charge on any atom is 0.306 e. The molecule has 0 aromatic rings. The number of amides is 1. The first kappa shape index (κ1) is 16.6. The van der Waals surface area contributed by atoms with Crippen LogP contribution in [-0.4, -0.2) is 78.6 Å². The summed E-state index contributed by atoms with van der Waals surface area (Å²) < 4.78 is 28.0. The minimum absolute atomic E-state index is 0.00481. The molecule has 1 amide bonds. The maximum absolute atomic E-state index is 12.1. The molecule has 0 aromatic heterocycles. The average Bonchev–Trinajstić information content (AvgIpc) is 2.75. The fourth-order valence-corrected chi connectivity index (χ4v) is 5.98. The number of ether oxygens (including phenoxy) is 1. The summed E-state index contributed by atoms with van der Waals surface area (Å²) in [6.07, 6.45) is 0.0279. The monoisotopic (exact) mass is 337 g/mol. The predicted octanol–water partition coefficient (Wildman–Crippen LogP) is -0.391. The molecule has 2 saturated heterocycles. The van der Waals surface area contributed by atoms with Gasteiger partial charge in [-0.05, 0) is 6.42 Å². The van der Waals surface area contributed by atoms with Gasteiger partial charge in [0.1, 0.15) is 0 Å². The number of carbonyl (C=O) groups is 2. The molecule has 1 N–H and O–H groups in total. The maximum atomic E-state index is 12.1. The van der Waals surface area contributed by atoms with E-state index in [0.29, 0.717) is 19.6 Å². The zero-order valence-corrected chi connectivity index (χ0v) is 13.2. The number of hydrogen-bond acceptors (Lipinski definition) is 6. The highest BCUT2D eigenvalue weighted by molar-refractivity contribution is 8.02. The van der Waals surface area contributed by atoms with Gasteiger partial charge in [0.05, 0.1) is 36.4 Å². The van der Waals surface area contributed by atoms with Crippen LogP contribution in [0.4, 0.5) is 0 Å². The zero-order valence-electron chi connectivity index (χ0n) is 11.6. The quantitative estimate of drug-likeness (QED) is 0.729. The van der Waals surface area contributed by atoms with Gasteiger partial charge in [0.25, 0.3) is 0 Å². The molecule has 2 fully saturated rings. The van der Waals surface area contributed by atoms with Crippen LogP contribution in [0, 0.1) is 0 Å². The fraction of sp³-hybridized carbons (Fsp3) is 0.833. The third-order valence-corrected chi connectivity index (χ3v) is 6.79. The number of morpholine rings is 1. The first-order chi connectivity index (χ1) is 9.85. The molecule has 0 aliphatic carbocycles. The molecule has 0 bridgehead atoms. The molecule has 120 valence electrons. The lowest BCUT2D eigenvalue weighted by molar-refractivity contribution is -0.146. The molecule has 0 aromatic carbocycles. The molecule has 7 nitrogen and oxygen atoms in total. The SMILES string of the molecule is O=C(O)CC1CN(C(=O)CSC2CCS(=O)(=O)C2)CCO1. The van der Waals surface area contributed by atoms with Crippen LogP contribution in [-0.2, 0) is 24.2 Å². The van der Waals surface area contributed by atoms with Crippen molar-refractivity contribution in [3.63, 3.8) is 0 Å². The molecule has 2 aliphatic rings. The van der Waals surface area contributed by atoms with Crippen molar-refractivity contribution in [1.82, 2.24) is 4.90 Å². The Morgan fingerprint density at radius 1 is 1.38 bits per heavy atom. The zero-order chi connectivity index (χ0) is 15.5. The number of carbonyl (C=O) groups excluding carboxylic acids is 1. The lowest BCUT2D eigenvalue weighted by Crippen LogP contribution is -2.47. The minimum atomic E-state index is -2.92. The van der Waals surface area contributed by atoms with Crippen LogP contribution < -0.4 is 0 Å². The Kier molecular flexibility index (Phi) is 5.50. The fourth-order valence-electron chi connectivity index (χ4n) is 2.44. The number of sulfone groups is 1. The van der Waals surface area contributed by atoms with Gasteiger partial charge in [-0.1, -0.05) is 0 Å². The van der Waals surface area contributed by atoms with Crippen molar-refractivity contribution in [2.75, 3.05) is 37.0 Å². The predicted molar refractivity (Wildman–Crippen MR) is 78.1 cm³/mol. The highest BCUT2D eigenvalue weighted by atomic mass is 32.2. The second-order valence-electron chi connectivity index (χ2n) is 5.27. The molecular formula is C12H19NO6S2. The molecule has 2 aliphatic heterocycles. The van der Waals surface area contributed by atoms with Gasteiger partial charge >= 0.3 is 5.97 Å². The van der Waals surface area contributed by atoms with Gasteiger partial charge in [0.2, 0.25) is 5.91 Å². The Balaban J connectivity index is 1.76. The number of aliphatic carboxylic acids is 1. The molecule has 0 saturated carbocycles. The summed E-state index contributed by atoms with van der Waals surface area (Å²) in [6, 6.07) is 0. The summed E-state index contributed by atoms with van der Waals surface area (Å²) in [5, 5.41) is 8.74. The minimum Gasteiger partial charge on any atom is -0.481 e. The Hall–Kier alpha value is -0.800. The van der Waals surface area contributed by atoms with Crippen molar-refractivity contribution < 1.29 is 27.9 Å². The number of thioether (sulfide) groups is 1. The molecule has 9 heteroatoms. The van der Waals surface area contributed by atoms with E-state index in [4.69, 9.17) is 9.84 Å². The standard InChI is InChI=1S/C12H19NO6S2/c14-11(7-20-10-1-4-21(17,18)8-10)13-2-3-19-9(6-13)5-12(15)16/h9-10H,1-8H2,(H,15,16). The van der Waals surface area contributed by atoms with E-state index in [1.807, 2.05) is 0 Å². The van der Waals surface area contributed by atoms with Crippen LogP contribution in [0.1, 0.15) is 12.8 Å². The highest BCUT2D eigenvalue weighted by Gasteiger charge is 2.30. The summed E-state index contributed by atoms with van der Waals surface area (Å²) >= 11 is 1.38. The number of carboxylic acids is 1. The molecule has 2 atom stereocenters. The third kappa shape index (κ3) is 5.15. The normalized spacial score (nSPS) is 28.5. The van der Waals surface area contributed by atoms with E-state index in [1.165, 1.54) is 11.8 Å². The first-order valence-corrected chi connectivity index (χ1v) is 9.66. The molecule has 2 rings (SSSR count). The van der Waals surface area contributed by atoms with Crippen LogP contribution in [0.3, 0.4) is 0 Å². The van der Waals surface area contributed by atoms with Gasteiger partial charge in [-0.15, -0.1) is 11.8 Å². The largest absolute Gasteiger partial charge is 0.481 e. The van der Waals surface area contributed by atoms with Crippen LogP contribution in [0.5, 0.6) is 0 Å². The summed E-state index contributed by atoms with van der Waals surface area (Å²) in [5.74, 6) is -0.435. The summed E-state index contributed by atoms with van der Waals surface area (Å²) in [6.45, 7) is 1.08. The van der Waals surface area contributed by atoms with Gasteiger partial charge in [-0.2, -0.15) is 0 Å². The van der Waals surface area contributed by atoms with E-state index in [1.54, 1.807) is 4.90 Å². The van der Waals surface area contributed by atoms with Crippen LogP contribution in [0.25, 0.3) is 0 Å². The van der Waals surface area contributed by atoms with E-state index < -0.39 is 21.9 Å². The first-order valence-electron chi connectivity index (χ1n) is 6.79. The summed E-state index contributed by atoms with van der Waals surface area (Å²) in [4.78, 5) is 24.4. The molecule has 2 unspecified atom stereocenters. The van der Waals surface area contributed by atoms with E-state index >= 15 is 0 Å². The average molecular weight is 337 g/mol. The Morgan fingerprint density at radius 2 is 2.14 bits per heavy atom. The molecule has 0 spiro atoms. The van der Waals surface area contributed by atoms with E-state index in [-0.39, 0.29) is 41.4 Å². The molecule has 21 heavy (non-hydrogen) atoms.